The molecule has 3 rings (SSSR count). The first-order chi connectivity index (χ1) is 9.60. The second kappa shape index (κ2) is 5.17. The molecule has 2 aliphatic rings. The molecule has 0 aromatic heterocycles. The quantitative estimate of drug-likeness (QED) is 0.854. The van der Waals surface area contributed by atoms with Gasteiger partial charge in [0.05, 0.1) is 0 Å². The van der Waals surface area contributed by atoms with E-state index in [4.69, 9.17) is 0 Å². The molecule has 0 atom stereocenters. The van der Waals surface area contributed by atoms with Crippen LogP contribution in [0.1, 0.15) is 35.2 Å². The third-order valence-corrected chi connectivity index (χ3v) is 4.87. The van der Waals surface area contributed by atoms with Gasteiger partial charge in [0.15, 0.2) is 0 Å². The molecule has 2 fully saturated rings. The number of carbonyl (C=O) groups is 1. The first-order valence-electron chi connectivity index (χ1n) is 7.36. The Kier molecular flexibility index (Phi) is 3.50. The molecule has 2 heterocycles. The first-order valence-corrected chi connectivity index (χ1v) is 7.36. The lowest BCUT2D eigenvalue weighted by Gasteiger charge is -2.39. The van der Waals surface area contributed by atoms with Crippen LogP contribution in [0.15, 0.2) is 18.2 Å². The molecule has 3 nitrogen and oxygen atoms in total. The summed E-state index contributed by atoms with van der Waals surface area (Å²) in [5.74, 6) is -0.366. The number of aryl methyl sites for hydroxylation is 1. The second-order valence-electron chi connectivity index (χ2n) is 6.18. The fourth-order valence-corrected chi connectivity index (χ4v) is 3.40. The van der Waals surface area contributed by atoms with Gasteiger partial charge >= 0.3 is 0 Å². The average molecular weight is 276 g/mol. The van der Waals surface area contributed by atoms with Gasteiger partial charge in [0.2, 0.25) is 0 Å². The molecule has 0 unspecified atom stereocenters. The number of carbonyl (C=O) groups excluding carboxylic acids is 1. The van der Waals surface area contributed by atoms with Gasteiger partial charge in [-0.2, -0.15) is 0 Å². The number of halogens is 1. The summed E-state index contributed by atoms with van der Waals surface area (Å²) in [6.07, 6.45) is 3.33. The largest absolute Gasteiger partial charge is 0.339 e. The zero-order valence-electron chi connectivity index (χ0n) is 11.9. The lowest BCUT2D eigenvalue weighted by molar-refractivity contribution is 0.0606. The lowest BCUT2D eigenvalue weighted by Crippen LogP contribution is -2.44. The van der Waals surface area contributed by atoms with Crippen LogP contribution in [0.3, 0.4) is 0 Å². The summed E-state index contributed by atoms with van der Waals surface area (Å²) in [5.41, 5.74) is 1.75. The van der Waals surface area contributed by atoms with Crippen LogP contribution in [0.2, 0.25) is 0 Å². The van der Waals surface area contributed by atoms with Crippen molar-refractivity contribution in [1.29, 1.82) is 0 Å². The third-order valence-electron chi connectivity index (χ3n) is 4.87. The van der Waals surface area contributed by atoms with E-state index in [9.17, 15) is 9.18 Å². The summed E-state index contributed by atoms with van der Waals surface area (Å²) >= 11 is 0. The van der Waals surface area contributed by atoms with E-state index in [0.717, 1.165) is 44.6 Å². The Morgan fingerprint density at radius 2 is 2.05 bits per heavy atom. The molecule has 1 aromatic rings. The SMILES string of the molecule is Cc1ccc(F)cc1C(=O)N1CCC2(CCNC2)CC1. The molecule has 1 spiro atoms. The van der Waals surface area contributed by atoms with Crippen molar-refractivity contribution in [3.63, 3.8) is 0 Å². The Hall–Kier alpha value is -1.42. The predicted octanol–water partition coefficient (Wildman–Crippen LogP) is 2.35. The monoisotopic (exact) mass is 276 g/mol. The van der Waals surface area contributed by atoms with Crippen molar-refractivity contribution in [2.75, 3.05) is 26.2 Å². The van der Waals surface area contributed by atoms with Gasteiger partial charge in [0.1, 0.15) is 5.82 Å². The summed E-state index contributed by atoms with van der Waals surface area (Å²) < 4.78 is 13.3. The summed E-state index contributed by atoms with van der Waals surface area (Å²) in [7, 11) is 0. The normalized spacial score (nSPS) is 21.4. The molecule has 1 amide bonds. The lowest BCUT2D eigenvalue weighted by atomic mass is 9.77. The minimum atomic E-state index is -0.340. The number of hydrogen-bond donors (Lipinski definition) is 1. The molecule has 20 heavy (non-hydrogen) atoms. The van der Waals surface area contributed by atoms with Crippen LogP contribution in [-0.2, 0) is 0 Å². The predicted molar refractivity (Wildman–Crippen MR) is 76.2 cm³/mol. The van der Waals surface area contributed by atoms with Crippen LogP contribution in [0.25, 0.3) is 0 Å². The summed E-state index contributed by atoms with van der Waals surface area (Å²) in [4.78, 5) is 14.4. The van der Waals surface area contributed by atoms with E-state index in [1.807, 2.05) is 11.8 Å². The maximum atomic E-state index is 13.3. The highest BCUT2D eigenvalue weighted by molar-refractivity contribution is 5.95. The van der Waals surface area contributed by atoms with E-state index in [1.54, 1.807) is 6.07 Å². The van der Waals surface area contributed by atoms with Crippen molar-refractivity contribution < 1.29 is 9.18 Å². The minimum absolute atomic E-state index is 0.0252. The number of hydrogen-bond acceptors (Lipinski definition) is 2. The third kappa shape index (κ3) is 2.44. The number of piperidine rings is 1. The molecular weight excluding hydrogens is 255 g/mol. The van der Waals surface area contributed by atoms with E-state index < -0.39 is 0 Å². The van der Waals surface area contributed by atoms with Crippen LogP contribution in [-0.4, -0.2) is 37.0 Å². The fraction of sp³-hybridized carbons (Fsp3) is 0.562. The molecule has 1 N–H and O–H groups in total. The number of nitrogens with zero attached hydrogens (tertiary/aromatic N) is 1. The molecule has 0 bridgehead atoms. The molecule has 0 saturated carbocycles. The highest BCUT2D eigenvalue weighted by atomic mass is 19.1. The van der Waals surface area contributed by atoms with Gasteiger partial charge in [-0.1, -0.05) is 6.07 Å². The molecule has 1 aromatic carbocycles. The Labute approximate surface area is 119 Å². The number of benzene rings is 1. The van der Waals surface area contributed by atoms with Gasteiger partial charge in [0.25, 0.3) is 5.91 Å². The molecule has 0 radical (unpaired) electrons. The topological polar surface area (TPSA) is 32.3 Å². The highest BCUT2D eigenvalue weighted by Gasteiger charge is 2.38. The van der Waals surface area contributed by atoms with Crippen LogP contribution < -0.4 is 5.32 Å². The van der Waals surface area contributed by atoms with Crippen LogP contribution in [0.5, 0.6) is 0 Å². The molecule has 2 aliphatic heterocycles. The molecule has 0 aliphatic carbocycles. The van der Waals surface area contributed by atoms with Crippen molar-refractivity contribution >= 4 is 5.91 Å². The molecular formula is C16H21FN2O. The Morgan fingerprint density at radius 3 is 2.70 bits per heavy atom. The van der Waals surface area contributed by atoms with Crippen molar-refractivity contribution in [3.05, 3.63) is 35.1 Å². The molecule has 108 valence electrons. The first kappa shape index (κ1) is 13.6. The van der Waals surface area contributed by atoms with E-state index in [2.05, 4.69) is 5.32 Å². The number of amides is 1. The molecule has 2 saturated heterocycles. The Bertz CT molecular complexity index is 513. The number of likely N-dealkylation sites (tertiary alicyclic amines) is 1. The minimum Gasteiger partial charge on any atom is -0.339 e. The standard InChI is InChI=1S/C16H21FN2O/c1-12-2-3-13(17)10-14(12)15(20)19-8-5-16(6-9-19)4-7-18-11-16/h2-3,10,18H,4-9,11H2,1H3. The van der Waals surface area contributed by atoms with Crippen molar-refractivity contribution in [1.82, 2.24) is 10.2 Å². The van der Waals surface area contributed by atoms with Gasteiger partial charge in [-0.05, 0) is 55.8 Å². The number of nitrogens with one attached hydrogen (secondary N) is 1. The van der Waals surface area contributed by atoms with Gasteiger partial charge in [0, 0.05) is 25.2 Å². The Balaban J connectivity index is 1.71. The second-order valence-corrected chi connectivity index (χ2v) is 6.18. The van der Waals surface area contributed by atoms with Gasteiger partial charge < -0.3 is 10.2 Å². The highest BCUT2D eigenvalue weighted by Crippen LogP contribution is 2.37. The van der Waals surface area contributed by atoms with Gasteiger partial charge in [-0.25, -0.2) is 4.39 Å². The van der Waals surface area contributed by atoms with Crippen LogP contribution in [0.4, 0.5) is 4.39 Å². The van der Waals surface area contributed by atoms with E-state index in [0.29, 0.717) is 11.0 Å². The van der Waals surface area contributed by atoms with Crippen molar-refractivity contribution in [2.24, 2.45) is 5.41 Å². The van der Waals surface area contributed by atoms with Crippen LogP contribution >= 0.6 is 0 Å². The van der Waals surface area contributed by atoms with Crippen LogP contribution in [0, 0.1) is 18.2 Å². The Morgan fingerprint density at radius 1 is 1.30 bits per heavy atom. The maximum Gasteiger partial charge on any atom is 0.254 e. The fourth-order valence-electron chi connectivity index (χ4n) is 3.40. The molecule has 4 heteroatoms. The summed E-state index contributed by atoms with van der Waals surface area (Å²) in [6.45, 7) is 5.61. The average Bonchev–Trinajstić information content (AvgIpc) is 2.90. The number of rotatable bonds is 1. The smallest absolute Gasteiger partial charge is 0.254 e. The van der Waals surface area contributed by atoms with E-state index >= 15 is 0 Å². The van der Waals surface area contributed by atoms with E-state index in [-0.39, 0.29) is 11.7 Å². The van der Waals surface area contributed by atoms with Crippen molar-refractivity contribution in [3.8, 4) is 0 Å². The van der Waals surface area contributed by atoms with Gasteiger partial charge in [-0.15, -0.1) is 0 Å². The summed E-state index contributed by atoms with van der Waals surface area (Å²) in [6, 6.07) is 4.44. The van der Waals surface area contributed by atoms with Crippen molar-refractivity contribution in [2.45, 2.75) is 26.2 Å². The van der Waals surface area contributed by atoms with E-state index in [1.165, 1.54) is 18.6 Å². The maximum absolute atomic E-state index is 13.3. The zero-order chi connectivity index (χ0) is 14.2. The van der Waals surface area contributed by atoms with Gasteiger partial charge in [-0.3, -0.25) is 4.79 Å². The summed E-state index contributed by atoms with van der Waals surface area (Å²) in [5, 5.41) is 3.42. The zero-order valence-corrected chi connectivity index (χ0v) is 11.9.